The lowest BCUT2D eigenvalue weighted by Crippen LogP contribution is -2.41. The standard InChI is InChI=1S/C27H29N5O7S2/c1-4-37-27-20(12-25(34)39-27)31-41(35,36)24-10-9-18(29-17(3)33)11-23(24)38-16(2)13-32-22-8-6-5-7-19(22)30-26(32)21-14-40-15-28-21/h5-11,14-16,20,27,31H,4,12-13H2,1-3H3,(H,29,33). The van der Waals surface area contributed by atoms with Gasteiger partial charge in [0.1, 0.15) is 22.4 Å². The first-order chi connectivity index (χ1) is 19.6. The van der Waals surface area contributed by atoms with E-state index in [0.717, 1.165) is 16.7 Å². The van der Waals surface area contributed by atoms with E-state index in [-0.39, 0.29) is 29.6 Å². The second-order valence-corrected chi connectivity index (χ2v) is 11.8. The Morgan fingerprint density at radius 3 is 2.80 bits per heavy atom. The maximum Gasteiger partial charge on any atom is 0.310 e. The third kappa shape index (κ3) is 6.40. The number of imidazole rings is 1. The molecule has 1 amide bonds. The highest BCUT2D eigenvalue weighted by atomic mass is 32.2. The molecule has 3 heterocycles. The first-order valence-electron chi connectivity index (χ1n) is 12.9. The van der Waals surface area contributed by atoms with Crippen molar-refractivity contribution in [3.63, 3.8) is 0 Å². The van der Waals surface area contributed by atoms with Crippen LogP contribution in [0.1, 0.15) is 27.2 Å². The number of hydrogen-bond acceptors (Lipinski definition) is 10. The first-order valence-corrected chi connectivity index (χ1v) is 15.3. The average Bonchev–Trinajstić information content (AvgIpc) is 3.63. The Hall–Kier alpha value is -3.85. The minimum atomic E-state index is -4.21. The van der Waals surface area contributed by atoms with Crippen molar-refractivity contribution in [2.75, 3.05) is 11.9 Å². The quantitative estimate of drug-likeness (QED) is 0.247. The normalized spacial score (nSPS) is 17.9. The summed E-state index contributed by atoms with van der Waals surface area (Å²) in [6.45, 7) is 5.43. The lowest BCUT2D eigenvalue weighted by Gasteiger charge is -2.22. The lowest BCUT2D eigenvalue weighted by atomic mass is 10.2. The van der Waals surface area contributed by atoms with E-state index in [1.54, 1.807) is 12.4 Å². The van der Waals surface area contributed by atoms with Crippen molar-refractivity contribution in [3.05, 3.63) is 53.4 Å². The number of esters is 1. The van der Waals surface area contributed by atoms with Crippen LogP contribution in [-0.4, -0.2) is 59.9 Å². The van der Waals surface area contributed by atoms with Crippen LogP contribution in [0.2, 0.25) is 0 Å². The molecule has 0 radical (unpaired) electrons. The zero-order valence-electron chi connectivity index (χ0n) is 22.6. The number of para-hydroxylation sites is 2. The zero-order valence-corrected chi connectivity index (χ0v) is 24.2. The number of hydrogen-bond donors (Lipinski definition) is 2. The minimum Gasteiger partial charge on any atom is -0.487 e. The SMILES string of the molecule is CCOC1OC(=O)CC1NS(=O)(=O)c1ccc(NC(C)=O)cc1OC(C)Cn1c(-c2cscn2)nc2ccccc21. The van der Waals surface area contributed by atoms with Crippen LogP contribution in [0.15, 0.2) is 58.3 Å². The topological polar surface area (TPSA) is 151 Å². The van der Waals surface area contributed by atoms with Gasteiger partial charge >= 0.3 is 5.97 Å². The molecule has 1 fully saturated rings. The van der Waals surface area contributed by atoms with Gasteiger partial charge in [-0.05, 0) is 38.1 Å². The molecule has 216 valence electrons. The number of thiazole rings is 1. The van der Waals surface area contributed by atoms with Gasteiger partial charge in [-0.25, -0.2) is 23.1 Å². The number of carbonyl (C=O) groups is 2. The van der Waals surface area contributed by atoms with E-state index in [2.05, 4.69) is 15.0 Å². The Kier molecular flexibility index (Phi) is 8.35. The molecule has 3 atom stereocenters. The number of nitrogens with one attached hydrogen (secondary N) is 2. The number of rotatable bonds is 11. The highest BCUT2D eigenvalue weighted by Crippen LogP contribution is 2.31. The number of benzene rings is 2. The zero-order chi connectivity index (χ0) is 29.1. The van der Waals surface area contributed by atoms with E-state index in [1.165, 1.54) is 36.5 Å². The molecule has 0 spiro atoms. The van der Waals surface area contributed by atoms with Gasteiger partial charge < -0.3 is 24.1 Å². The lowest BCUT2D eigenvalue weighted by molar-refractivity contribution is -0.163. The Morgan fingerprint density at radius 2 is 2.07 bits per heavy atom. The minimum absolute atomic E-state index is 0.0223. The monoisotopic (exact) mass is 599 g/mol. The summed E-state index contributed by atoms with van der Waals surface area (Å²) in [5.41, 5.74) is 4.48. The summed E-state index contributed by atoms with van der Waals surface area (Å²) in [4.78, 5) is 32.6. The van der Waals surface area contributed by atoms with Gasteiger partial charge in [-0.3, -0.25) is 9.59 Å². The third-order valence-corrected chi connectivity index (χ3v) is 8.35. The molecule has 1 aliphatic heterocycles. The summed E-state index contributed by atoms with van der Waals surface area (Å²) in [6, 6.07) is 11.0. The molecule has 14 heteroatoms. The summed E-state index contributed by atoms with van der Waals surface area (Å²) in [5, 5.41) is 4.56. The summed E-state index contributed by atoms with van der Waals surface area (Å²) in [6.07, 6.45) is -1.75. The molecule has 2 N–H and O–H groups in total. The van der Waals surface area contributed by atoms with Crippen LogP contribution < -0.4 is 14.8 Å². The predicted octanol–water partition coefficient (Wildman–Crippen LogP) is 3.54. The van der Waals surface area contributed by atoms with Crippen molar-refractivity contribution >= 4 is 50.0 Å². The van der Waals surface area contributed by atoms with E-state index in [4.69, 9.17) is 19.2 Å². The van der Waals surface area contributed by atoms with Crippen molar-refractivity contribution in [3.8, 4) is 17.3 Å². The van der Waals surface area contributed by atoms with Crippen molar-refractivity contribution < 1.29 is 32.2 Å². The fourth-order valence-electron chi connectivity index (χ4n) is 4.60. The van der Waals surface area contributed by atoms with Crippen LogP contribution in [0, 0.1) is 0 Å². The van der Waals surface area contributed by atoms with E-state index in [9.17, 15) is 18.0 Å². The number of ether oxygens (including phenoxy) is 3. The molecule has 3 unspecified atom stereocenters. The Labute approximate surface area is 240 Å². The first kappa shape index (κ1) is 28.7. The number of cyclic esters (lactones) is 1. The number of anilines is 1. The largest absolute Gasteiger partial charge is 0.487 e. The fraction of sp³-hybridized carbons (Fsp3) is 0.333. The predicted molar refractivity (Wildman–Crippen MR) is 152 cm³/mol. The van der Waals surface area contributed by atoms with Crippen molar-refractivity contribution in [1.82, 2.24) is 19.3 Å². The summed E-state index contributed by atoms with van der Waals surface area (Å²) >= 11 is 1.46. The van der Waals surface area contributed by atoms with Gasteiger partial charge in [-0.15, -0.1) is 11.3 Å². The Morgan fingerprint density at radius 1 is 1.27 bits per heavy atom. The van der Waals surface area contributed by atoms with Gasteiger partial charge in [-0.2, -0.15) is 0 Å². The number of amides is 1. The number of fused-ring (bicyclic) bond motifs is 1. The van der Waals surface area contributed by atoms with Gasteiger partial charge in [0.25, 0.3) is 0 Å². The molecule has 2 aromatic carbocycles. The number of sulfonamides is 1. The molecule has 1 aliphatic rings. The van der Waals surface area contributed by atoms with Crippen molar-refractivity contribution in [2.45, 2.75) is 57.1 Å². The Balaban J connectivity index is 1.46. The third-order valence-electron chi connectivity index (χ3n) is 6.24. The van der Waals surface area contributed by atoms with Crippen LogP contribution in [0.25, 0.3) is 22.6 Å². The molecule has 2 aromatic heterocycles. The van der Waals surface area contributed by atoms with Crippen LogP contribution >= 0.6 is 11.3 Å². The highest BCUT2D eigenvalue weighted by molar-refractivity contribution is 7.89. The molecule has 0 saturated carbocycles. The molecule has 4 aromatic rings. The number of carbonyl (C=O) groups excluding carboxylic acids is 2. The van der Waals surface area contributed by atoms with Crippen LogP contribution in [0.4, 0.5) is 5.69 Å². The molecule has 1 saturated heterocycles. The second kappa shape index (κ2) is 11.9. The van der Waals surface area contributed by atoms with Gasteiger partial charge in [0.2, 0.25) is 22.2 Å². The van der Waals surface area contributed by atoms with E-state index in [0.29, 0.717) is 18.1 Å². The molecule has 12 nitrogen and oxygen atoms in total. The van der Waals surface area contributed by atoms with E-state index in [1.807, 2.05) is 41.1 Å². The van der Waals surface area contributed by atoms with Crippen molar-refractivity contribution in [1.29, 1.82) is 0 Å². The van der Waals surface area contributed by atoms with Gasteiger partial charge in [0, 0.05) is 30.7 Å². The Bertz CT molecular complexity index is 1670. The van der Waals surface area contributed by atoms with Crippen LogP contribution in [0.5, 0.6) is 5.75 Å². The molecule has 0 aliphatic carbocycles. The highest BCUT2D eigenvalue weighted by Gasteiger charge is 2.39. The molecular formula is C27H29N5O7S2. The molecule has 41 heavy (non-hydrogen) atoms. The molecule has 5 rings (SSSR count). The number of aromatic nitrogens is 3. The summed E-state index contributed by atoms with van der Waals surface area (Å²) < 4.78 is 48.4. The van der Waals surface area contributed by atoms with Crippen molar-refractivity contribution in [2.24, 2.45) is 0 Å². The average molecular weight is 600 g/mol. The fourth-order valence-corrected chi connectivity index (χ4v) is 6.47. The number of nitrogens with zero attached hydrogens (tertiary/aromatic N) is 3. The van der Waals surface area contributed by atoms with Crippen LogP contribution in [-0.2, 0) is 35.6 Å². The summed E-state index contributed by atoms with van der Waals surface area (Å²) in [5.74, 6) is -0.200. The van der Waals surface area contributed by atoms with Gasteiger partial charge in [-0.1, -0.05) is 12.1 Å². The molecule has 0 bridgehead atoms. The van der Waals surface area contributed by atoms with E-state index < -0.39 is 34.4 Å². The smallest absolute Gasteiger partial charge is 0.310 e. The maximum atomic E-state index is 13.6. The van der Waals surface area contributed by atoms with Crippen LogP contribution in [0.3, 0.4) is 0 Å². The summed E-state index contributed by atoms with van der Waals surface area (Å²) in [7, 11) is -4.21. The van der Waals surface area contributed by atoms with Gasteiger partial charge in [0.05, 0.1) is 35.6 Å². The molecular weight excluding hydrogens is 570 g/mol. The van der Waals surface area contributed by atoms with E-state index >= 15 is 0 Å². The maximum absolute atomic E-state index is 13.6. The van der Waals surface area contributed by atoms with Gasteiger partial charge in [0.15, 0.2) is 5.82 Å². The second-order valence-electron chi connectivity index (χ2n) is 9.43.